The number of sulfonamides is 1. The van der Waals surface area contributed by atoms with E-state index in [0.717, 1.165) is 36.2 Å². The molecule has 3 aromatic rings. The summed E-state index contributed by atoms with van der Waals surface area (Å²) in [5.41, 5.74) is 2.26. The van der Waals surface area contributed by atoms with Crippen LogP contribution in [0.25, 0.3) is 11.3 Å². The lowest BCUT2D eigenvalue weighted by atomic mass is 10.1. The van der Waals surface area contributed by atoms with Crippen LogP contribution in [0.5, 0.6) is 0 Å². The van der Waals surface area contributed by atoms with Crippen molar-refractivity contribution in [2.45, 2.75) is 37.5 Å². The Morgan fingerprint density at radius 3 is 2.23 bits per heavy atom. The molecule has 1 N–H and O–H groups in total. The first-order valence-corrected chi connectivity index (χ1v) is 11.9. The molecule has 1 saturated heterocycles. The van der Waals surface area contributed by atoms with Gasteiger partial charge in [0.05, 0.1) is 10.6 Å². The summed E-state index contributed by atoms with van der Waals surface area (Å²) in [4.78, 5) is 2.30. The average Bonchev–Trinajstić information content (AvgIpc) is 3.06. The number of aromatic nitrogens is 2. The number of halogens is 1. The summed E-state index contributed by atoms with van der Waals surface area (Å²) >= 11 is 0. The Balaban J connectivity index is 1.47. The van der Waals surface area contributed by atoms with Gasteiger partial charge in [-0.3, -0.25) is 4.72 Å². The van der Waals surface area contributed by atoms with Gasteiger partial charge < -0.3 is 4.90 Å². The van der Waals surface area contributed by atoms with E-state index in [1.807, 2.05) is 12.1 Å². The van der Waals surface area contributed by atoms with Crippen LogP contribution in [0.2, 0.25) is 0 Å². The van der Waals surface area contributed by atoms with Crippen molar-refractivity contribution in [3.8, 4) is 11.3 Å². The van der Waals surface area contributed by atoms with Crippen LogP contribution in [0, 0.1) is 12.7 Å². The second-order valence-corrected chi connectivity index (χ2v) is 9.45. The predicted molar refractivity (Wildman–Crippen MR) is 120 cm³/mol. The maximum Gasteiger partial charge on any atom is 0.261 e. The molecular formula is C23H25FN4O2S. The highest BCUT2D eigenvalue weighted by Crippen LogP contribution is 2.24. The summed E-state index contributed by atoms with van der Waals surface area (Å²) in [5, 5.41) is 8.75. The molecule has 0 saturated carbocycles. The number of hydrogen-bond donors (Lipinski definition) is 1. The predicted octanol–water partition coefficient (Wildman–Crippen LogP) is 4.77. The lowest BCUT2D eigenvalue weighted by Crippen LogP contribution is -2.25. The van der Waals surface area contributed by atoms with Gasteiger partial charge in [0.1, 0.15) is 5.82 Å². The minimum absolute atomic E-state index is 0.0189. The van der Waals surface area contributed by atoms with Crippen LogP contribution in [0.1, 0.15) is 31.2 Å². The standard InChI is InChI=1S/C23H25FN4O2S/c1-17-16-20(10-11-21(17)24)31(29,30)27-19-8-6-18(7-9-19)22-12-13-23(26-25-22)28-14-4-2-3-5-15-28/h6-13,16,27H,2-5,14-15H2,1H3. The zero-order valence-electron chi connectivity index (χ0n) is 17.4. The van der Waals surface area contributed by atoms with Gasteiger partial charge in [0, 0.05) is 24.3 Å². The normalized spacial score (nSPS) is 14.8. The topological polar surface area (TPSA) is 75.2 Å². The molecule has 0 aliphatic carbocycles. The highest BCUT2D eigenvalue weighted by atomic mass is 32.2. The van der Waals surface area contributed by atoms with Crippen molar-refractivity contribution in [2.24, 2.45) is 0 Å². The molecule has 4 rings (SSSR count). The van der Waals surface area contributed by atoms with Gasteiger partial charge in [-0.1, -0.05) is 25.0 Å². The average molecular weight is 441 g/mol. The summed E-state index contributed by atoms with van der Waals surface area (Å²) in [5.74, 6) is 0.455. The van der Waals surface area contributed by atoms with Gasteiger partial charge in [0.25, 0.3) is 10.0 Å². The molecule has 8 heteroatoms. The highest BCUT2D eigenvalue weighted by molar-refractivity contribution is 7.92. The zero-order chi connectivity index (χ0) is 21.8. The SMILES string of the molecule is Cc1cc(S(=O)(=O)Nc2ccc(-c3ccc(N4CCCCCC4)nn3)cc2)ccc1F. The number of hydrogen-bond acceptors (Lipinski definition) is 5. The Bertz CT molecular complexity index is 1140. The van der Waals surface area contributed by atoms with Crippen molar-refractivity contribution >= 4 is 21.5 Å². The third-order valence-corrected chi connectivity index (χ3v) is 6.83. The number of rotatable bonds is 5. The van der Waals surface area contributed by atoms with E-state index in [0.29, 0.717) is 5.69 Å². The van der Waals surface area contributed by atoms with Gasteiger partial charge in [0.15, 0.2) is 5.82 Å². The van der Waals surface area contributed by atoms with Crippen LogP contribution < -0.4 is 9.62 Å². The fraction of sp³-hybridized carbons (Fsp3) is 0.304. The molecule has 0 unspecified atom stereocenters. The van der Waals surface area contributed by atoms with Crippen LogP contribution in [-0.4, -0.2) is 31.7 Å². The zero-order valence-corrected chi connectivity index (χ0v) is 18.2. The first-order chi connectivity index (χ1) is 14.9. The largest absolute Gasteiger partial charge is 0.355 e. The first kappa shape index (κ1) is 21.2. The highest BCUT2D eigenvalue weighted by Gasteiger charge is 2.16. The Hall–Kier alpha value is -3.00. The number of nitrogens with one attached hydrogen (secondary N) is 1. The maximum absolute atomic E-state index is 13.4. The number of anilines is 2. The van der Waals surface area contributed by atoms with Crippen LogP contribution in [0.3, 0.4) is 0 Å². The molecule has 0 spiro atoms. The summed E-state index contributed by atoms with van der Waals surface area (Å²) < 4.78 is 41.1. The van der Waals surface area contributed by atoms with Gasteiger partial charge in [0.2, 0.25) is 0 Å². The van der Waals surface area contributed by atoms with Crippen LogP contribution in [0.15, 0.2) is 59.5 Å². The van der Waals surface area contributed by atoms with E-state index in [4.69, 9.17) is 0 Å². The van der Waals surface area contributed by atoms with E-state index in [2.05, 4.69) is 19.8 Å². The summed E-state index contributed by atoms with van der Waals surface area (Å²) in [6, 6.07) is 14.6. The molecule has 2 aromatic carbocycles. The van der Waals surface area contributed by atoms with E-state index in [1.165, 1.54) is 44.7 Å². The second-order valence-electron chi connectivity index (χ2n) is 7.77. The fourth-order valence-electron chi connectivity index (χ4n) is 3.66. The fourth-order valence-corrected chi connectivity index (χ4v) is 4.80. The molecular weight excluding hydrogens is 415 g/mol. The molecule has 1 aliphatic rings. The molecule has 1 aromatic heterocycles. The lowest BCUT2D eigenvalue weighted by molar-refractivity contribution is 0.598. The van der Waals surface area contributed by atoms with Crippen LogP contribution in [-0.2, 0) is 10.0 Å². The molecule has 1 fully saturated rings. The van der Waals surface area contributed by atoms with Crippen LogP contribution >= 0.6 is 0 Å². The minimum Gasteiger partial charge on any atom is -0.355 e. The van der Waals surface area contributed by atoms with Crippen LogP contribution in [0.4, 0.5) is 15.9 Å². The smallest absolute Gasteiger partial charge is 0.261 e. The first-order valence-electron chi connectivity index (χ1n) is 10.4. The van der Waals surface area contributed by atoms with Gasteiger partial charge in [-0.15, -0.1) is 10.2 Å². The Morgan fingerprint density at radius 2 is 1.61 bits per heavy atom. The van der Waals surface area contributed by atoms with E-state index in [9.17, 15) is 12.8 Å². The molecule has 162 valence electrons. The number of benzene rings is 2. The molecule has 6 nitrogen and oxygen atoms in total. The summed E-state index contributed by atoms with van der Waals surface area (Å²) in [6.45, 7) is 3.55. The molecule has 0 radical (unpaired) electrons. The lowest BCUT2D eigenvalue weighted by Gasteiger charge is -2.20. The minimum atomic E-state index is -3.80. The van der Waals surface area contributed by atoms with E-state index in [-0.39, 0.29) is 10.5 Å². The van der Waals surface area contributed by atoms with Gasteiger partial charge in [-0.05, 0) is 67.8 Å². The summed E-state index contributed by atoms with van der Waals surface area (Å²) in [7, 11) is -3.80. The Labute approximate surface area is 182 Å². The maximum atomic E-state index is 13.4. The van der Waals surface area contributed by atoms with Crippen molar-refractivity contribution in [1.29, 1.82) is 0 Å². The monoisotopic (exact) mass is 440 g/mol. The molecule has 2 heterocycles. The van der Waals surface area contributed by atoms with Crippen molar-refractivity contribution in [1.82, 2.24) is 10.2 Å². The third kappa shape index (κ3) is 5.02. The van der Waals surface area contributed by atoms with Crippen molar-refractivity contribution in [2.75, 3.05) is 22.7 Å². The molecule has 1 aliphatic heterocycles. The van der Waals surface area contributed by atoms with Crippen molar-refractivity contribution in [3.05, 3.63) is 66.0 Å². The third-order valence-electron chi connectivity index (χ3n) is 5.45. The molecule has 31 heavy (non-hydrogen) atoms. The Morgan fingerprint density at radius 1 is 0.903 bits per heavy atom. The number of nitrogens with zero attached hydrogens (tertiary/aromatic N) is 3. The van der Waals surface area contributed by atoms with Gasteiger partial charge in [-0.2, -0.15) is 0 Å². The van der Waals surface area contributed by atoms with Crippen molar-refractivity contribution < 1.29 is 12.8 Å². The molecule has 0 bridgehead atoms. The van der Waals surface area contributed by atoms with E-state index >= 15 is 0 Å². The number of aryl methyl sites for hydroxylation is 1. The molecule has 0 atom stereocenters. The van der Waals surface area contributed by atoms with E-state index < -0.39 is 15.8 Å². The second kappa shape index (κ2) is 9.01. The molecule has 0 amide bonds. The van der Waals surface area contributed by atoms with Gasteiger partial charge in [-0.25, -0.2) is 12.8 Å². The van der Waals surface area contributed by atoms with Crippen molar-refractivity contribution in [3.63, 3.8) is 0 Å². The van der Waals surface area contributed by atoms with Gasteiger partial charge >= 0.3 is 0 Å². The quantitative estimate of drug-likeness (QED) is 0.618. The Kier molecular flexibility index (Phi) is 6.18. The summed E-state index contributed by atoms with van der Waals surface area (Å²) in [6.07, 6.45) is 4.88. The van der Waals surface area contributed by atoms with E-state index in [1.54, 1.807) is 24.3 Å².